The molecule has 0 fully saturated rings. The number of rotatable bonds is 4. The first-order chi connectivity index (χ1) is 7.75. The summed E-state index contributed by atoms with van der Waals surface area (Å²) in [5.41, 5.74) is -1.29. The molecule has 17 heavy (non-hydrogen) atoms. The predicted molar refractivity (Wildman–Crippen MR) is 63.7 cm³/mol. The smallest absolute Gasteiger partial charge is 0.314 e. The van der Waals surface area contributed by atoms with Gasteiger partial charge in [-0.1, -0.05) is 23.2 Å². The van der Waals surface area contributed by atoms with Crippen LogP contribution in [0.3, 0.4) is 0 Å². The van der Waals surface area contributed by atoms with Gasteiger partial charge in [0.15, 0.2) is 0 Å². The molecule has 2 N–H and O–H groups in total. The Balaban J connectivity index is 3.31. The lowest BCUT2D eigenvalue weighted by Gasteiger charge is -2.23. The molecule has 0 radical (unpaired) electrons. The number of carboxylic acid groups (broad SMARTS) is 2. The topological polar surface area (TPSA) is 74.6 Å². The molecule has 0 aliphatic rings. The Morgan fingerprint density at radius 1 is 1.18 bits per heavy atom. The fourth-order valence-electron chi connectivity index (χ4n) is 1.48. The molecular formula is C11H10Cl2O4. The second-order valence-electron chi connectivity index (χ2n) is 3.87. The van der Waals surface area contributed by atoms with E-state index in [4.69, 9.17) is 33.4 Å². The molecule has 1 atom stereocenters. The van der Waals surface area contributed by atoms with Crippen molar-refractivity contribution in [3.63, 3.8) is 0 Å². The van der Waals surface area contributed by atoms with E-state index in [0.29, 0.717) is 0 Å². The monoisotopic (exact) mass is 276 g/mol. The minimum absolute atomic E-state index is 0.268. The molecule has 1 aromatic carbocycles. The highest BCUT2D eigenvalue weighted by atomic mass is 35.5. The van der Waals surface area contributed by atoms with Crippen molar-refractivity contribution < 1.29 is 19.8 Å². The highest BCUT2D eigenvalue weighted by Crippen LogP contribution is 2.32. The van der Waals surface area contributed by atoms with Crippen LogP contribution in [0.4, 0.5) is 0 Å². The molecule has 0 aliphatic carbocycles. The van der Waals surface area contributed by atoms with Crippen molar-refractivity contribution in [2.45, 2.75) is 18.8 Å². The van der Waals surface area contributed by atoms with E-state index in [1.54, 1.807) is 0 Å². The van der Waals surface area contributed by atoms with Gasteiger partial charge in [0.2, 0.25) is 0 Å². The molecule has 0 aliphatic heterocycles. The van der Waals surface area contributed by atoms with Crippen molar-refractivity contribution in [2.75, 3.05) is 0 Å². The van der Waals surface area contributed by atoms with Gasteiger partial charge in [-0.2, -0.15) is 0 Å². The molecule has 0 amide bonds. The van der Waals surface area contributed by atoms with Crippen LogP contribution < -0.4 is 0 Å². The molecular weight excluding hydrogens is 267 g/mol. The van der Waals surface area contributed by atoms with E-state index in [-0.39, 0.29) is 15.6 Å². The number of hydrogen-bond acceptors (Lipinski definition) is 2. The Labute approximate surface area is 108 Å². The van der Waals surface area contributed by atoms with Crippen LogP contribution >= 0.6 is 23.2 Å². The van der Waals surface area contributed by atoms with Crippen molar-refractivity contribution in [3.8, 4) is 0 Å². The third kappa shape index (κ3) is 3.11. The Bertz CT molecular complexity index is 452. The van der Waals surface area contributed by atoms with Gasteiger partial charge in [-0.3, -0.25) is 9.59 Å². The highest BCUT2D eigenvalue weighted by Gasteiger charge is 2.38. The van der Waals surface area contributed by atoms with Crippen LogP contribution in [0.5, 0.6) is 0 Å². The second-order valence-corrected chi connectivity index (χ2v) is 4.74. The van der Waals surface area contributed by atoms with Gasteiger partial charge < -0.3 is 10.2 Å². The van der Waals surface area contributed by atoms with Crippen molar-refractivity contribution >= 4 is 35.1 Å². The average Bonchev–Trinajstić information content (AvgIpc) is 2.14. The molecule has 0 bridgehead atoms. The maximum Gasteiger partial charge on any atom is 0.314 e. The number of carboxylic acids is 2. The fourth-order valence-corrected chi connectivity index (χ4v) is 2.00. The van der Waals surface area contributed by atoms with E-state index in [0.717, 1.165) is 0 Å². The van der Waals surface area contributed by atoms with Gasteiger partial charge in [0, 0.05) is 10.0 Å². The van der Waals surface area contributed by atoms with E-state index in [2.05, 4.69) is 0 Å². The first-order valence-corrected chi connectivity index (χ1v) is 5.43. The summed E-state index contributed by atoms with van der Waals surface area (Å²) in [6, 6.07) is 4.27. The molecule has 1 rings (SSSR count). The minimum Gasteiger partial charge on any atom is -0.481 e. The molecule has 6 heteroatoms. The van der Waals surface area contributed by atoms with E-state index < -0.39 is 23.8 Å². The zero-order valence-corrected chi connectivity index (χ0v) is 10.4. The maximum atomic E-state index is 11.2. The summed E-state index contributed by atoms with van der Waals surface area (Å²) in [6.07, 6.45) is -0.543. The van der Waals surface area contributed by atoms with Crippen LogP contribution in [0.25, 0.3) is 0 Å². The summed E-state index contributed by atoms with van der Waals surface area (Å²) in [6.45, 7) is 1.32. The highest BCUT2D eigenvalue weighted by molar-refractivity contribution is 6.34. The van der Waals surface area contributed by atoms with Gasteiger partial charge in [-0.05, 0) is 30.7 Å². The zero-order valence-electron chi connectivity index (χ0n) is 8.91. The van der Waals surface area contributed by atoms with Gasteiger partial charge in [0.1, 0.15) is 5.41 Å². The quantitative estimate of drug-likeness (QED) is 0.887. The van der Waals surface area contributed by atoms with Gasteiger partial charge in [-0.25, -0.2) is 0 Å². The van der Waals surface area contributed by atoms with Gasteiger partial charge in [-0.15, -0.1) is 0 Å². The van der Waals surface area contributed by atoms with Gasteiger partial charge in [0.25, 0.3) is 0 Å². The Hall–Kier alpha value is -1.26. The second kappa shape index (κ2) is 4.94. The maximum absolute atomic E-state index is 11.2. The number of aliphatic carboxylic acids is 2. The van der Waals surface area contributed by atoms with E-state index in [9.17, 15) is 9.59 Å². The third-order valence-corrected chi connectivity index (χ3v) is 2.91. The van der Waals surface area contributed by atoms with Crippen LogP contribution in [0, 0.1) is 0 Å². The molecule has 1 unspecified atom stereocenters. The van der Waals surface area contributed by atoms with E-state index in [1.165, 1.54) is 25.1 Å². The van der Waals surface area contributed by atoms with Crippen molar-refractivity contribution in [1.29, 1.82) is 0 Å². The van der Waals surface area contributed by atoms with Crippen LogP contribution in [0.15, 0.2) is 18.2 Å². The summed E-state index contributed by atoms with van der Waals surface area (Å²) < 4.78 is 0. The molecule has 1 aromatic rings. The first kappa shape index (κ1) is 13.8. The molecule has 92 valence electrons. The van der Waals surface area contributed by atoms with Crippen molar-refractivity contribution in [3.05, 3.63) is 33.8 Å². The minimum atomic E-state index is -1.56. The van der Waals surface area contributed by atoms with Crippen LogP contribution in [-0.2, 0) is 15.0 Å². The van der Waals surface area contributed by atoms with Crippen molar-refractivity contribution in [2.24, 2.45) is 0 Å². The summed E-state index contributed by atoms with van der Waals surface area (Å²) >= 11 is 11.5. The normalized spacial score (nSPS) is 14.1. The lowest BCUT2D eigenvalue weighted by atomic mass is 9.79. The average molecular weight is 277 g/mol. The van der Waals surface area contributed by atoms with Gasteiger partial charge >= 0.3 is 11.9 Å². The summed E-state index contributed by atoms with van der Waals surface area (Å²) in [4.78, 5) is 22.0. The lowest BCUT2D eigenvalue weighted by Crippen LogP contribution is -2.35. The third-order valence-electron chi connectivity index (χ3n) is 2.48. The van der Waals surface area contributed by atoms with Crippen LogP contribution in [-0.4, -0.2) is 22.2 Å². The Morgan fingerprint density at radius 2 is 1.65 bits per heavy atom. The SMILES string of the molecule is CC(CC(=O)O)(C(=O)O)c1cc(Cl)cc(Cl)c1. The van der Waals surface area contributed by atoms with Gasteiger partial charge in [0.05, 0.1) is 6.42 Å². The number of hydrogen-bond donors (Lipinski definition) is 2. The predicted octanol–water partition coefficient (Wildman–Crippen LogP) is 2.81. The summed E-state index contributed by atoms with van der Waals surface area (Å²) in [5.74, 6) is -2.44. The fraction of sp³-hybridized carbons (Fsp3) is 0.273. The number of halogens is 2. The van der Waals surface area contributed by atoms with E-state index in [1.807, 2.05) is 0 Å². The van der Waals surface area contributed by atoms with Crippen LogP contribution in [0.1, 0.15) is 18.9 Å². The molecule has 0 spiro atoms. The number of carbonyl (C=O) groups is 2. The summed E-state index contributed by atoms with van der Waals surface area (Å²) in [5, 5.41) is 18.5. The molecule has 0 saturated carbocycles. The van der Waals surface area contributed by atoms with Crippen LogP contribution in [0.2, 0.25) is 10.0 Å². The van der Waals surface area contributed by atoms with Crippen molar-refractivity contribution in [1.82, 2.24) is 0 Å². The Morgan fingerprint density at radius 3 is 2.00 bits per heavy atom. The lowest BCUT2D eigenvalue weighted by molar-refractivity contribution is -0.149. The zero-order chi connectivity index (χ0) is 13.2. The molecule has 0 saturated heterocycles. The molecule has 0 heterocycles. The summed E-state index contributed by atoms with van der Waals surface area (Å²) in [7, 11) is 0. The standard InChI is InChI=1S/C11H10Cl2O4/c1-11(10(16)17,5-9(14)15)6-2-7(12)4-8(13)3-6/h2-4H,5H2,1H3,(H,14,15)(H,16,17). The molecule has 4 nitrogen and oxygen atoms in total. The largest absolute Gasteiger partial charge is 0.481 e. The Kier molecular flexibility index (Phi) is 4.01. The molecule has 0 aromatic heterocycles. The first-order valence-electron chi connectivity index (χ1n) is 4.67. The van der Waals surface area contributed by atoms with E-state index >= 15 is 0 Å². The number of benzene rings is 1.